The molecule has 0 aliphatic carbocycles. The van der Waals surface area contributed by atoms with Gasteiger partial charge in [0.05, 0.1) is 0 Å². The number of amides is 1. The number of carbonyl (C=O) groups excluding carboxylic acids is 1. The van der Waals surface area contributed by atoms with Crippen molar-refractivity contribution in [2.24, 2.45) is 0 Å². The summed E-state index contributed by atoms with van der Waals surface area (Å²) in [5, 5.41) is 0. The Bertz CT molecular complexity index is 379. The van der Waals surface area contributed by atoms with Gasteiger partial charge in [-0.25, -0.2) is 0 Å². The fraction of sp³-hybridized carbons (Fsp3) is 0.455. The summed E-state index contributed by atoms with van der Waals surface area (Å²) in [4.78, 5) is 17.9. The highest BCUT2D eigenvalue weighted by molar-refractivity contribution is 5.96. The predicted molar refractivity (Wildman–Crippen MR) is 53.9 cm³/mol. The van der Waals surface area contributed by atoms with Gasteiger partial charge < -0.3 is 4.90 Å². The molecule has 1 aliphatic rings. The fourth-order valence-corrected chi connectivity index (χ4v) is 1.67. The third-order valence-electron chi connectivity index (χ3n) is 2.48. The molecule has 0 N–H and O–H groups in total. The van der Waals surface area contributed by atoms with Crippen molar-refractivity contribution >= 4 is 5.91 Å². The third kappa shape index (κ3) is 1.29. The summed E-state index contributed by atoms with van der Waals surface area (Å²) in [5.41, 5.74) is 1.52. The molecule has 1 aromatic rings. The summed E-state index contributed by atoms with van der Waals surface area (Å²) < 4.78 is 0. The number of carbonyl (C=O) groups is 1. The minimum atomic E-state index is -0.127. The van der Waals surface area contributed by atoms with Crippen LogP contribution in [0.25, 0.3) is 0 Å². The van der Waals surface area contributed by atoms with E-state index in [-0.39, 0.29) is 11.4 Å². The van der Waals surface area contributed by atoms with E-state index in [1.165, 1.54) is 0 Å². The average molecular weight is 190 g/mol. The van der Waals surface area contributed by atoms with Crippen LogP contribution in [-0.4, -0.2) is 21.3 Å². The normalized spacial score (nSPS) is 15.9. The topological polar surface area (TPSA) is 33.2 Å². The zero-order valence-electron chi connectivity index (χ0n) is 8.74. The number of pyridine rings is 1. The molecule has 3 nitrogen and oxygen atoms in total. The van der Waals surface area contributed by atoms with E-state index in [2.05, 4.69) is 4.98 Å². The van der Waals surface area contributed by atoms with Crippen LogP contribution in [0.1, 0.15) is 36.8 Å². The van der Waals surface area contributed by atoms with Crippen LogP contribution in [0.15, 0.2) is 18.3 Å². The first-order valence-electron chi connectivity index (χ1n) is 4.76. The maximum Gasteiger partial charge on any atom is 0.273 e. The number of hydrogen-bond donors (Lipinski definition) is 0. The second kappa shape index (κ2) is 2.80. The van der Waals surface area contributed by atoms with Crippen molar-refractivity contribution in [2.75, 3.05) is 0 Å². The van der Waals surface area contributed by atoms with E-state index >= 15 is 0 Å². The maximum absolute atomic E-state index is 11.9. The van der Waals surface area contributed by atoms with E-state index in [9.17, 15) is 4.79 Å². The van der Waals surface area contributed by atoms with Gasteiger partial charge >= 0.3 is 0 Å². The van der Waals surface area contributed by atoms with Gasteiger partial charge in [-0.1, -0.05) is 6.07 Å². The van der Waals surface area contributed by atoms with Gasteiger partial charge in [0.2, 0.25) is 0 Å². The van der Waals surface area contributed by atoms with E-state index in [4.69, 9.17) is 0 Å². The van der Waals surface area contributed by atoms with Gasteiger partial charge in [-0.3, -0.25) is 9.78 Å². The van der Waals surface area contributed by atoms with Gasteiger partial charge in [0.25, 0.3) is 5.91 Å². The monoisotopic (exact) mass is 190 g/mol. The predicted octanol–water partition coefficient (Wildman–Crippen LogP) is 1.84. The van der Waals surface area contributed by atoms with Gasteiger partial charge in [-0.05, 0) is 26.8 Å². The first-order valence-corrected chi connectivity index (χ1v) is 4.76. The van der Waals surface area contributed by atoms with Gasteiger partial charge in [0.1, 0.15) is 5.69 Å². The molecule has 0 radical (unpaired) electrons. The molecule has 0 aromatic carbocycles. The molecule has 2 heterocycles. The summed E-state index contributed by atoms with van der Waals surface area (Å²) in [6, 6.07) is 3.84. The minimum Gasteiger partial charge on any atom is -0.328 e. The van der Waals surface area contributed by atoms with Crippen molar-refractivity contribution in [1.29, 1.82) is 0 Å². The lowest BCUT2D eigenvalue weighted by Gasteiger charge is -2.31. The van der Waals surface area contributed by atoms with Crippen LogP contribution in [0.2, 0.25) is 0 Å². The molecular formula is C11H14N2O. The zero-order chi connectivity index (χ0) is 10.3. The second-order valence-corrected chi connectivity index (χ2v) is 4.57. The summed E-state index contributed by atoms with van der Waals surface area (Å²) in [5.74, 6) is 0.0492. The molecule has 1 amide bonds. The highest BCUT2D eigenvalue weighted by Crippen LogP contribution is 2.27. The summed E-state index contributed by atoms with van der Waals surface area (Å²) >= 11 is 0. The van der Waals surface area contributed by atoms with Crippen molar-refractivity contribution in [3.8, 4) is 0 Å². The third-order valence-corrected chi connectivity index (χ3v) is 2.48. The molecule has 1 aromatic heterocycles. The summed E-state index contributed by atoms with van der Waals surface area (Å²) in [6.07, 6.45) is 1.67. The first kappa shape index (κ1) is 9.19. The quantitative estimate of drug-likeness (QED) is 0.625. The Morgan fingerprint density at radius 2 is 2.14 bits per heavy atom. The largest absolute Gasteiger partial charge is 0.328 e. The number of fused-ring (bicyclic) bond motifs is 1. The molecule has 1 aliphatic heterocycles. The molecule has 74 valence electrons. The molecule has 0 saturated carbocycles. The SMILES string of the molecule is CC(C)(C)N1Cc2cccnc2C1=O. The average Bonchev–Trinajstić information content (AvgIpc) is 2.44. The molecule has 0 saturated heterocycles. The van der Waals surface area contributed by atoms with Gasteiger partial charge in [-0.15, -0.1) is 0 Å². The van der Waals surface area contributed by atoms with Crippen LogP contribution in [0.3, 0.4) is 0 Å². The van der Waals surface area contributed by atoms with E-state index in [1.54, 1.807) is 6.20 Å². The molecule has 14 heavy (non-hydrogen) atoms. The van der Waals surface area contributed by atoms with E-state index in [0.29, 0.717) is 12.2 Å². The van der Waals surface area contributed by atoms with Crippen LogP contribution >= 0.6 is 0 Å². The van der Waals surface area contributed by atoms with E-state index < -0.39 is 0 Å². The highest BCUT2D eigenvalue weighted by Gasteiger charge is 2.35. The molecule has 0 unspecified atom stereocenters. The lowest BCUT2D eigenvalue weighted by molar-refractivity contribution is 0.0605. The second-order valence-electron chi connectivity index (χ2n) is 4.57. The Hall–Kier alpha value is -1.38. The number of nitrogens with zero attached hydrogens (tertiary/aromatic N) is 2. The van der Waals surface area contributed by atoms with Gasteiger partial charge in [0.15, 0.2) is 0 Å². The maximum atomic E-state index is 11.9. The van der Waals surface area contributed by atoms with E-state index in [1.807, 2.05) is 37.8 Å². The molecule has 2 rings (SSSR count). The molecule has 0 atom stereocenters. The van der Waals surface area contributed by atoms with Gasteiger partial charge in [-0.2, -0.15) is 0 Å². The molecule has 0 fully saturated rings. The minimum absolute atomic E-state index is 0.0492. The van der Waals surface area contributed by atoms with Gasteiger partial charge in [0, 0.05) is 23.8 Å². The van der Waals surface area contributed by atoms with Crippen LogP contribution < -0.4 is 0 Å². The Labute approximate surface area is 83.8 Å². The lowest BCUT2D eigenvalue weighted by Crippen LogP contribution is -2.41. The number of hydrogen-bond acceptors (Lipinski definition) is 2. The molecular weight excluding hydrogens is 176 g/mol. The van der Waals surface area contributed by atoms with Crippen molar-refractivity contribution in [2.45, 2.75) is 32.9 Å². The van der Waals surface area contributed by atoms with Crippen molar-refractivity contribution < 1.29 is 4.79 Å². The van der Waals surface area contributed by atoms with Crippen molar-refractivity contribution in [1.82, 2.24) is 9.88 Å². The standard InChI is InChI=1S/C11H14N2O/c1-11(2,3)13-7-8-5-4-6-12-9(8)10(13)14/h4-6H,7H2,1-3H3. The summed E-state index contributed by atoms with van der Waals surface area (Å²) in [6.45, 7) is 6.80. The van der Waals surface area contributed by atoms with Crippen molar-refractivity contribution in [3.63, 3.8) is 0 Å². The Balaban J connectivity index is 2.40. The lowest BCUT2D eigenvalue weighted by atomic mass is 10.1. The smallest absolute Gasteiger partial charge is 0.273 e. The van der Waals surface area contributed by atoms with Crippen molar-refractivity contribution in [3.05, 3.63) is 29.6 Å². The molecule has 0 bridgehead atoms. The Kier molecular flexibility index (Phi) is 1.84. The number of aromatic nitrogens is 1. The Morgan fingerprint density at radius 1 is 1.43 bits per heavy atom. The van der Waals surface area contributed by atoms with Crippen LogP contribution in [0.5, 0.6) is 0 Å². The zero-order valence-corrected chi connectivity index (χ0v) is 8.74. The first-order chi connectivity index (χ1) is 6.50. The highest BCUT2D eigenvalue weighted by atomic mass is 16.2. The van der Waals surface area contributed by atoms with Crippen LogP contribution in [0.4, 0.5) is 0 Å². The number of rotatable bonds is 0. The van der Waals surface area contributed by atoms with E-state index in [0.717, 1.165) is 5.56 Å². The summed E-state index contributed by atoms with van der Waals surface area (Å²) in [7, 11) is 0. The molecule has 0 spiro atoms. The molecule has 3 heteroatoms. The van der Waals surface area contributed by atoms with Crippen LogP contribution in [0, 0.1) is 0 Å². The Morgan fingerprint density at radius 3 is 2.71 bits per heavy atom. The fourth-order valence-electron chi connectivity index (χ4n) is 1.67. The van der Waals surface area contributed by atoms with Crippen LogP contribution in [-0.2, 0) is 6.54 Å².